The van der Waals surface area contributed by atoms with E-state index in [2.05, 4.69) is 17.5 Å². The molecule has 1 N–H and O–H groups in total. The molecule has 3 heteroatoms. The second kappa shape index (κ2) is 7.10. The molecule has 102 valence electrons. The molecule has 0 fully saturated rings. The van der Waals surface area contributed by atoms with Gasteiger partial charge in [-0.3, -0.25) is 4.79 Å². The molecule has 1 aromatic carbocycles. The molecule has 3 nitrogen and oxygen atoms in total. The van der Waals surface area contributed by atoms with Crippen LogP contribution in [0.2, 0.25) is 0 Å². The Morgan fingerprint density at radius 1 is 1.32 bits per heavy atom. The second-order valence-corrected chi connectivity index (χ2v) is 4.85. The number of allylic oxidation sites excluding steroid dienone is 1. The van der Waals surface area contributed by atoms with Gasteiger partial charge in [-0.1, -0.05) is 48.9 Å². The SMILES string of the molecule is CO[C@H](C(=O)N[C@@H]1C=CCCCC1)c1ccccc1. The third kappa shape index (κ3) is 3.93. The van der Waals surface area contributed by atoms with Gasteiger partial charge in [0.1, 0.15) is 0 Å². The highest BCUT2D eigenvalue weighted by Crippen LogP contribution is 2.18. The van der Waals surface area contributed by atoms with Crippen molar-refractivity contribution >= 4 is 5.91 Å². The Morgan fingerprint density at radius 3 is 2.84 bits per heavy atom. The highest BCUT2D eigenvalue weighted by molar-refractivity contribution is 5.82. The Balaban J connectivity index is 2.01. The number of methoxy groups -OCH3 is 1. The predicted octanol–water partition coefficient (Wildman–Crippen LogP) is 2.99. The van der Waals surface area contributed by atoms with E-state index in [0.29, 0.717) is 0 Å². The molecule has 2 atom stereocenters. The average molecular weight is 259 g/mol. The summed E-state index contributed by atoms with van der Waals surface area (Å²) in [4.78, 5) is 12.3. The zero-order valence-electron chi connectivity index (χ0n) is 11.3. The van der Waals surface area contributed by atoms with Gasteiger partial charge in [-0.05, 0) is 24.8 Å². The van der Waals surface area contributed by atoms with Crippen LogP contribution in [0.15, 0.2) is 42.5 Å². The fourth-order valence-electron chi connectivity index (χ4n) is 2.38. The minimum absolute atomic E-state index is 0.0646. The Bertz CT molecular complexity index is 428. The van der Waals surface area contributed by atoms with Crippen LogP contribution < -0.4 is 5.32 Å². The standard InChI is InChI=1S/C16H21NO2/c1-19-15(13-9-5-4-6-10-13)16(18)17-14-11-7-2-3-8-12-14/h4-7,9-11,14-15H,2-3,8,12H2,1H3,(H,17,18)/t14-,15+/m1/s1. The quantitative estimate of drug-likeness (QED) is 0.844. The van der Waals surface area contributed by atoms with Gasteiger partial charge in [-0.25, -0.2) is 0 Å². The monoisotopic (exact) mass is 259 g/mol. The lowest BCUT2D eigenvalue weighted by Gasteiger charge is -2.19. The zero-order valence-corrected chi connectivity index (χ0v) is 11.3. The van der Waals surface area contributed by atoms with Gasteiger partial charge in [-0.2, -0.15) is 0 Å². The molecule has 0 saturated carbocycles. The molecule has 0 spiro atoms. The average Bonchev–Trinajstić information content (AvgIpc) is 2.69. The number of benzene rings is 1. The summed E-state index contributed by atoms with van der Waals surface area (Å²) < 4.78 is 5.33. The van der Waals surface area contributed by atoms with E-state index in [-0.39, 0.29) is 11.9 Å². The lowest BCUT2D eigenvalue weighted by atomic mass is 10.1. The summed E-state index contributed by atoms with van der Waals surface area (Å²) in [5.41, 5.74) is 0.889. The van der Waals surface area contributed by atoms with Crippen molar-refractivity contribution in [2.24, 2.45) is 0 Å². The van der Waals surface area contributed by atoms with Crippen LogP contribution in [0.5, 0.6) is 0 Å². The maximum absolute atomic E-state index is 12.3. The first-order valence-electron chi connectivity index (χ1n) is 6.86. The van der Waals surface area contributed by atoms with Crippen LogP contribution in [0, 0.1) is 0 Å². The van der Waals surface area contributed by atoms with Gasteiger partial charge >= 0.3 is 0 Å². The van der Waals surface area contributed by atoms with Crippen molar-refractivity contribution in [3.8, 4) is 0 Å². The molecule has 1 amide bonds. The first-order valence-corrected chi connectivity index (χ1v) is 6.86. The van der Waals surface area contributed by atoms with E-state index in [0.717, 1.165) is 24.8 Å². The fourth-order valence-corrected chi connectivity index (χ4v) is 2.38. The Hall–Kier alpha value is -1.61. The van der Waals surface area contributed by atoms with E-state index in [4.69, 9.17) is 4.74 Å². The fraction of sp³-hybridized carbons (Fsp3) is 0.438. The summed E-state index contributed by atoms with van der Waals surface area (Å²) in [6.07, 6.45) is 8.20. The van der Waals surface area contributed by atoms with Gasteiger partial charge < -0.3 is 10.1 Å². The lowest BCUT2D eigenvalue weighted by molar-refractivity contribution is -0.131. The highest BCUT2D eigenvalue weighted by atomic mass is 16.5. The predicted molar refractivity (Wildman–Crippen MR) is 75.7 cm³/mol. The van der Waals surface area contributed by atoms with Crippen LogP contribution in [0.3, 0.4) is 0 Å². The number of nitrogens with one attached hydrogen (secondary N) is 1. The minimum Gasteiger partial charge on any atom is -0.367 e. The molecule has 0 heterocycles. The summed E-state index contributed by atoms with van der Waals surface area (Å²) in [6, 6.07) is 9.73. The highest BCUT2D eigenvalue weighted by Gasteiger charge is 2.21. The van der Waals surface area contributed by atoms with E-state index in [1.807, 2.05) is 30.3 Å². The van der Waals surface area contributed by atoms with Gasteiger partial charge in [0.15, 0.2) is 6.10 Å². The molecule has 1 aliphatic carbocycles. The molecule has 1 aromatic rings. The van der Waals surface area contributed by atoms with Crippen molar-refractivity contribution < 1.29 is 9.53 Å². The van der Waals surface area contributed by atoms with Crippen molar-refractivity contribution in [3.63, 3.8) is 0 Å². The molecule has 0 aromatic heterocycles. The zero-order chi connectivity index (χ0) is 13.5. The van der Waals surface area contributed by atoms with Crippen LogP contribution >= 0.6 is 0 Å². The van der Waals surface area contributed by atoms with Gasteiger partial charge in [0.2, 0.25) is 0 Å². The van der Waals surface area contributed by atoms with Crippen molar-refractivity contribution in [2.45, 2.75) is 37.8 Å². The Labute approximate surface area is 114 Å². The van der Waals surface area contributed by atoms with Crippen LogP contribution in [0.4, 0.5) is 0 Å². The van der Waals surface area contributed by atoms with E-state index in [1.165, 1.54) is 6.42 Å². The number of ether oxygens (including phenoxy) is 1. The Morgan fingerprint density at radius 2 is 2.11 bits per heavy atom. The number of amides is 1. The third-order valence-corrected chi connectivity index (χ3v) is 3.41. The number of hydrogen-bond acceptors (Lipinski definition) is 2. The summed E-state index contributed by atoms with van der Waals surface area (Å²) >= 11 is 0. The molecular weight excluding hydrogens is 238 g/mol. The third-order valence-electron chi connectivity index (χ3n) is 3.41. The summed E-state index contributed by atoms with van der Waals surface area (Å²) in [6.45, 7) is 0. The van der Waals surface area contributed by atoms with Gasteiger partial charge in [0.05, 0.1) is 0 Å². The molecule has 0 aliphatic heterocycles. The minimum atomic E-state index is -0.530. The van der Waals surface area contributed by atoms with Crippen molar-refractivity contribution in [3.05, 3.63) is 48.0 Å². The number of rotatable bonds is 4. The van der Waals surface area contributed by atoms with E-state index >= 15 is 0 Å². The molecule has 0 bridgehead atoms. The summed E-state index contributed by atoms with van der Waals surface area (Å²) in [5.74, 6) is -0.0646. The van der Waals surface area contributed by atoms with Crippen LogP contribution in [0.1, 0.15) is 37.4 Å². The van der Waals surface area contributed by atoms with Crippen molar-refractivity contribution in [2.75, 3.05) is 7.11 Å². The van der Waals surface area contributed by atoms with Gasteiger partial charge in [-0.15, -0.1) is 0 Å². The molecule has 19 heavy (non-hydrogen) atoms. The molecule has 1 aliphatic rings. The van der Waals surface area contributed by atoms with Crippen LogP contribution in [0.25, 0.3) is 0 Å². The maximum Gasteiger partial charge on any atom is 0.254 e. The van der Waals surface area contributed by atoms with Crippen molar-refractivity contribution in [1.29, 1.82) is 0 Å². The molecule has 0 unspecified atom stereocenters. The summed E-state index contributed by atoms with van der Waals surface area (Å²) in [5, 5.41) is 3.06. The van der Waals surface area contributed by atoms with Crippen molar-refractivity contribution in [1.82, 2.24) is 5.32 Å². The van der Waals surface area contributed by atoms with E-state index < -0.39 is 6.10 Å². The molecular formula is C16H21NO2. The normalized spacial score (nSPS) is 20.6. The van der Waals surface area contributed by atoms with Gasteiger partial charge in [0.25, 0.3) is 5.91 Å². The number of hydrogen-bond donors (Lipinski definition) is 1. The maximum atomic E-state index is 12.3. The number of carbonyl (C=O) groups excluding carboxylic acids is 1. The number of carbonyl (C=O) groups is 1. The first-order chi connectivity index (χ1) is 9.31. The first kappa shape index (κ1) is 13.8. The largest absolute Gasteiger partial charge is 0.367 e. The van der Waals surface area contributed by atoms with Gasteiger partial charge in [0, 0.05) is 13.2 Å². The van der Waals surface area contributed by atoms with Crippen LogP contribution in [-0.4, -0.2) is 19.1 Å². The molecule has 0 saturated heterocycles. The second-order valence-electron chi connectivity index (χ2n) is 4.85. The Kier molecular flexibility index (Phi) is 5.16. The smallest absolute Gasteiger partial charge is 0.254 e. The topological polar surface area (TPSA) is 38.3 Å². The molecule has 2 rings (SSSR count). The van der Waals surface area contributed by atoms with E-state index in [1.54, 1.807) is 7.11 Å². The molecule has 0 radical (unpaired) electrons. The van der Waals surface area contributed by atoms with E-state index in [9.17, 15) is 4.79 Å². The lowest BCUT2D eigenvalue weighted by Crippen LogP contribution is -2.37. The van der Waals surface area contributed by atoms with Crippen LogP contribution in [-0.2, 0) is 9.53 Å². The summed E-state index contributed by atoms with van der Waals surface area (Å²) in [7, 11) is 1.57.